The smallest absolute Gasteiger partial charge is 0.0854 e. The minimum Gasteiger partial charge on any atom is -0.373 e. The maximum absolute atomic E-state index is 6.22. The van der Waals surface area contributed by atoms with E-state index in [-0.39, 0.29) is 6.10 Å². The zero-order chi connectivity index (χ0) is 10.7. The molecular weight excluding hydrogens is 210 g/mol. The summed E-state index contributed by atoms with van der Waals surface area (Å²) < 4.78 is 5.76. The number of rotatable bonds is 3. The molecule has 0 bridgehead atoms. The predicted molar refractivity (Wildman–Crippen MR) is 62.4 cm³/mol. The highest BCUT2D eigenvalue weighted by molar-refractivity contribution is 6.31. The zero-order valence-corrected chi connectivity index (χ0v) is 9.68. The van der Waals surface area contributed by atoms with Crippen LogP contribution in [0.1, 0.15) is 23.7 Å². The molecule has 1 aliphatic rings. The first kappa shape index (κ1) is 10.9. The van der Waals surface area contributed by atoms with Crippen LogP contribution in [0.25, 0.3) is 0 Å². The van der Waals surface area contributed by atoms with Crippen molar-refractivity contribution in [3.63, 3.8) is 0 Å². The molecule has 1 aromatic rings. The van der Waals surface area contributed by atoms with E-state index in [9.17, 15) is 0 Å². The molecule has 0 spiro atoms. The molecule has 0 saturated heterocycles. The Kier molecular flexibility index (Phi) is 3.62. The van der Waals surface area contributed by atoms with Gasteiger partial charge in [0.2, 0.25) is 0 Å². The summed E-state index contributed by atoms with van der Waals surface area (Å²) in [5, 5.41) is 3.98. The molecule has 2 nitrogen and oxygen atoms in total. The fourth-order valence-corrected chi connectivity index (χ4v) is 2.37. The lowest BCUT2D eigenvalue weighted by Gasteiger charge is -2.27. The molecule has 1 aromatic carbocycles. The molecule has 0 saturated carbocycles. The Balaban J connectivity index is 2.24. The summed E-state index contributed by atoms with van der Waals surface area (Å²) in [7, 11) is 1.95. The van der Waals surface area contributed by atoms with Gasteiger partial charge in [-0.15, -0.1) is 0 Å². The van der Waals surface area contributed by atoms with E-state index >= 15 is 0 Å². The lowest BCUT2D eigenvalue weighted by Crippen LogP contribution is -2.20. The van der Waals surface area contributed by atoms with Crippen molar-refractivity contribution < 1.29 is 4.74 Å². The molecule has 0 radical (unpaired) electrons. The Morgan fingerprint density at radius 1 is 1.53 bits per heavy atom. The van der Waals surface area contributed by atoms with Crippen LogP contribution in [0.4, 0.5) is 0 Å². The van der Waals surface area contributed by atoms with Gasteiger partial charge < -0.3 is 10.1 Å². The summed E-state index contributed by atoms with van der Waals surface area (Å²) in [6, 6.07) is 6.11. The summed E-state index contributed by atoms with van der Waals surface area (Å²) in [5.74, 6) is 0. The Labute approximate surface area is 95.6 Å². The van der Waals surface area contributed by atoms with Crippen molar-refractivity contribution in [2.45, 2.75) is 18.9 Å². The number of hydrogen-bond acceptors (Lipinski definition) is 2. The topological polar surface area (TPSA) is 21.3 Å². The predicted octanol–water partition coefficient (Wildman–Crippen LogP) is 2.56. The average Bonchev–Trinajstić information content (AvgIpc) is 2.26. The van der Waals surface area contributed by atoms with Crippen molar-refractivity contribution in [3.05, 3.63) is 34.3 Å². The average molecular weight is 226 g/mol. The molecule has 0 aliphatic carbocycles. The van der Waals surface area contributed by atoms with Gasteiger partial charge >= 0.3 is 0 Å². The molecule has 0 fully saturated rings. The van der Waals surface area contributed by atoms with E-state index in [1.165, 1.54) is 11.1 Å². The van der Waals surface area contributed by atoms with Crippen LogP contribution in [0.2, 0.25) is 5.02 Å². The van der Waals surface area contributed by atoms with Gasteiger partial charge in [0.25, 0.3) is 0 Å². The Bertz CT molecular complexity index is 340. The number of benzene rings is 1. The monoisotopic (exact) mass is 225 g/mol. The van der Waals surface area contributed by atoms with E-state index in [1.807, 2.05) is 19.2 Å². The van der Waals surface area contributed by atoms with E-state index in [0.29, 0.717) is 0 Å². The van der Waals surface area contributed by atoms with E-state index in [4.69, 9.17) is 16.3 Å². The molecule has 1 atom stereocenters. The molecule has 1 aliphatic heterocycles. The highest BCUT2D eigenvalue weighted by Crippen LogP contribution is 2.34. The molecule has 0 unspecified atom stereocenters. The van der Waals surface area contributed by atoms with Crippen LogP contribution in [-0.2, 0) is 11.2 Å². The van der Waals surface area contributed by atoms with Crippen molar-refractivity contribution in [2.75, 3.05) is 20.2 Å². The first-order chi connectivity index (χ1) is 7.33. The lowest BCUT2D eigenvalue weighted by atomic mass is 9.96. The second kappa shape index (κ2) is 4.97. The van der Waals surface area contributed by atoms with Crippen LogP contribution in [0.15, 0.2) is 18.2 Å². The van der Waals surface area contributed by atoms with Crippen molar-refractivity contribution in [1.29, 1.82) is 0 Å². The van der Waals surface area contributed by atoms with Crippen molar-refractivity contribution in [1.82, 2.24) is 5.32 Å². The molecule has 3 heteroatoms. The zero-order valence-electron chi connectivity index (χ0n) is 8.92. The number of halogens is 1. The maximum atomic E-state index is 6.22. The van der Waals surface area contributed by atoms with Crippen LogP contribution < -0.4 is 5.32 Å². The summed E-state index contributed by atoms with van der Waals surface area (Å²) in [6.45, 7) is 1.76. The first-order valence-electron chi connectivity index (χ1n) is 5.36. The summed E-state index contributed by atoms with van der Waals surface area (Å²) in [4.78, 5) is 0. The standard InChI is InChI=1S/C12H16ClNO/c1-14-7-5-11-12-9(6-8-15-11)3-2-4-10(12)13/h2-4,11,14H,5-8H2,1H3/t11-/m0/s1. The van der Waals surface area contributed by atoms with E-state index < -0.39 is 0 Å². The Morgan fingerprint density at radius 3 is 3.20 bits per heavy atom. The molecule has 0 amide bonds. The normalized spacial score (nSPS) is 20.0. The second-order valence-corrected chi connectivity index (χ2v) is 4.22. The van der Waals surface area contributed by atoms with Crippen molar-refractivity contribution in [3.8, 4) is 0 Å². The van der Waals surface area contributed by atoms with Gasteiger partial charge in [0.1, 0.15) is 0 Å². The third kappa shape index (κ3) is 2.33. The third-order valence-corrected chi connectivity index (χ3v) is 3.14. The first-order valence-corrected chi connectivity index (χ1v) is 5.74. The quantitative estimate of drug-likeness (QED) is 0.854. The highest BCUT2D eigenvalue weighted by Gasteiger charge is 2.22. The lowest BCUT2D eigenvalue weighted by molar-refractivity contribution is 0.0372. The van der Waals surface area contributed by atoms with Crippen molar-refractivity contribution in [2.24, 2.45) is 0 Å². The van der Waals surface area contributed by atoms with Crippen molar-refractivity contribution >= 4 is 11.6 Å². The largest absolute Gasteiger partial charge is 0.373 e. The Morgan fingerprint density at radius 2 is 2.40 bits per heavy atom. The molecule has 1 N–H and O–H groups in total. The fourth-order valence-electron chi connectivity index (χ4n) is 2.06. The number of fused-ring (bicyclic) bond motifs is 1. The number of ether oxygens (including phenoxy) is 1. The van der Waals surface area contributed by atoms with Crippen LogP contribution in [-0.4, -0.2) is 20.2 Å². The van der Waals surface area contributed by atoms with Gasteiger partial charge in [0, 0.05) is 10.6 Å². The van der Waals surface area contributed by atoms with Gasteiger partial charge in [-0.2, -0.15) is 0 Å². The summed E-state index contributed by atoms with van der Waals surface area (Å²) in [6.07, 6.45) is 2.12. The molecular formula is C12H16ClNO. The summed E-state index contributed by atoms with van der Waals surface area (Å²) in [5.41, 5.74) is 2.54. The minimum atomic E-state index is 0.162. The number of hydrogen-bond donors (Lipinski definition) is 1. The third-order valence-electron chi connectivity index (χ3n) is 2.81. The van der Waals surface area contributed by atoms with Gasteiger partial charge in [-0.3, -0.25) is 0 Å². The second-order valence-electron chi connectivity index (χ2n) is 3.81. The Hall–Kier alpha value is -0.570. The minimum absolute atomic E-state index is 0.162. The van der Waals surface area contributed by atoms with Crippen LogP contribution in [0, 0.1) is 0 Å². The number of nitrogens with one attached hydrogen (secondary N) is 1. The van der Waals surface area contributed by atoms with Gasteiger partial charge in [0.05, 0.1) is 12.7 Å². The van der Waals surface area contributed by atoms with Gasteiger partial charge in [0.15, 0.2) is 0 Å². The molecule has 15 heavy (non-hydrogen) atoms. The molecule has 1 heterocycles. The SMILES string of the molecule is CNCC[C@@H]1OCCc2cccc(Cl)c21. The van der Waals surface area contributed by atoms with E-state index in [2.05, 4.69) is 11.4 Å². The fraction of sp³-hybridized carbons (Fsp3) is 0.500. The summed E-state index contributed by atoms with van der Waals surface area (Å²) >= 11 is 6.22. The maximum Gasteiger partial charge on any atom is 0.0854 e. The van der Waals surface area contributed by atoms with Gasteiger partial charge in [-0.05, 0) is 38.1 Å². The van der Waals surface area contributed by atoms with Crippen LogP contribution >= 0.6 is 11.6 Å². The highest BCUT2D eigenvalue weighted by atomic mass is 35.5. The van der Waals surface area contributed by atoms with E-state index in [1.54, 1.807) is 0 Å². The molecule has 2 rings (SSSR count). The molecule has 0 aromatic heterocycles. The van der Waals surface area contributed by atoms with Gasteiger partial charge in [-0.25, -0.2) is 0 Å². The van der Waals surface area contributed by atoms with E-state index in [0.717, 1.165) is 31.0 Å². The molecule has 82 valence electrons. The van der Waals surface area contributed by atoms with Crippen LogP contribution in [0.5, 0.6) is 0 Å². The van der Waals surface area contributed by atoms with Gasteiger partial charge in [-0.1, -0.05) is 23.7 Å². The van der Waals surface area contributed by atoms with Crippen LogP contribution in [0.3, 0.4) is 0 Å².